The van der Waals surface area contributed by atoms with E-state index in [0.717, 1.165) is 53.8 Å². The van der Waals surface area contributed by atoms with Gasteiger partial charge in [-0.25, -0.2) is 14.2 Å². The van der Waals surface area contributed by atoms with Crippen molar-refractivity contribution >= 4 is 27.5 Å². The Labute approximate surface area is 268 Å². The number of halogens is 1. The maximum atomic E-state index is 15.0. The second-order valence-electron chi connectivity index (χ2n) is 13.2. The summed E-state index contributed by atoms with van der Waals surface area (Å²) < 4.78 is 36.5. The molecular formula is C32H37FN8O4S. The smallest absolute Gasteiger partial charge is 0.330 e. The molecule has 2 saturated heterocycles. The van der Waals surface area contributed by atoms with Crippen LogP contribution in [0, 0.1) is 11.3 Å². The van der Waals surface area contributed by atoms with Gasteiger partial charge in [0, 0.05) is 36.1 Å². The van der Waals surface area contributed by atoms with Gasteiger partial charge in [0.25, 0.3) is 0 Å². The molecule has 0 amide bonds. The van der Waals surface area contributed by atoms with Gasteiger partial charge < -0.3 is 19.7 Å². The molecule has 8 rings (SSSR count). The molecule has 14 heteroatoms. The molecule has 0 bridgehead atoms. The highest BCUT2D eigenvalue weighted by Crippen LogP contribution is 2.54. The number of rotatable bonds is 5. The summed E-state index contributed by atoms with van der Waals surface area (Å²) in [5, 5.41) is 15.3. The number of alkyl halides is 1. The summed E-state index contributed by atoms with van der Waals surface area (Å²) in [6.07, 6.45) is 4.62. The third-order valence-electron chi connectivity index (χ3n) is 10.7. The van der Waals surface area contributed by atoms with E-state index in [4.69, 9.17) is 29.7 Å². The molecule has 4 aliphatic rings. The number of aryl methyl sites for hydroxylation is 2. The fourth-order valence-electron chi connectivity index (χ4n) is 8.52. The summed E-state index contributed by atoms with van der Waals surface area (Å²) in [5.41, 5.74) is 9.74. The van der Waals surface area contributed by atoms with Crippen LogP contribution >= 0.6 is 11.3 Å². The van der Waals surface area contributed by atoms with Crippen molar-refractivity contribution in [1.82, 2.24) is 29.2 Å². The predicted octanol–water partition coefficient (Wildman–Crippen LogP) is 4.03. The molecule has 2 fully saturated rings. The van der Waals surface area contributed by atoms with Gasteiger partial charge in [0.2, 0.25) is 17.5 Å². The Kier molecular flexibility index (Phi) is 7.00. The van der Waals surface area contributed by atoms with Crippen LogP contribution in [-0.4, -0.2) is 74.3 Å². The number of thiophene rings is 1. The molecule has 2 N–H and O–H groups in total. The number of fused-ring (bicyclic) bond motifs is 5. The molecular weight excluding hydrogens is 611 g/mol. The minimum Gasteiger partial charge on any atom is -0.471 e. The Morgan fingerprint density at radius 1 is 1.22 bits per heavy atom. The molecule has 12 nitrogen and oxygen atoms in total. The maximum absolute atomic E-state index is 15.0. The van der Waals surface area contributed by atoms with E-state index in [9.17, 15) is 10.1 Å². The van der Waals surface area contributed by atoms with Crippen molar-refractivity contribution in [2.75, 3.05) is 32.5 Å². The van der Waals surface area contributed by atoms with Crippen LogP contribution in [0.1, 0.15) is 78.8 Å². The van der Waals surface area contributed by atoms with Crippen molar-refractivity contribution in [2.45, 2.75) is 88.1 Å². The summed E-state index contributed by atoms with van der Waals surface area (Å²) in [6.45, 7) is 3.42. The van der Waals surface area contributed by atoms with E-state index in [2.05, 4.69) is 11.2 Å². The van der Waals surface area contributed by atoms with Crippen molar-refractivity contribution < 1.29 is 18.4 Å². The first-order valence-electron chi connectivity index (χ1n) is 16.1. The Morgan fingerprint density at radius 2 is 2.02 bits per heavy atom. The van der Waals surface area contributed by atoms with Gasteiger partial charge in [-0.2, -0.15) is 10.2 Å². The first-order valence-corrected chi connectivity index (χ1v) is 16.9. The second-order valence-corrected chi connectivity index (χ2v) is 14.4. The van der Waals surface area contributed by atoms with Crippen LogP contribution in [-0.2, 0) is 30.0 Å². The number of anilines is 1. The minimum absolute atomic E-state index is 0.193. The molecule has 6 heterocycles. The number of imidazole rings is 1. The zero-order valence-electron chi connectivity index (χ0n) is 26.2. The van der Waals surface area contributed by atoms with Crippen molar-refractivity contribution in [3.63, 3.8) is 0 Å². The first-order chi connectivity index (χ1) is 22.2. The Morgan fingerprint density at radius 3 is 2.74 bits per heavy atom. The van der Waals surface area contributed by atoms with Gasteiger partial charge in [0.1, 0.15) is 23.3 Å². The quantitative estimate of drug-likeness (QED) is 0.336. The lowest BCUT2D eigenvalue weighted by molar-refractivity contribution is 0.0819. The van der Waals surface area contributed by atoms with Crippen LogP contribution in [0.3, 0.4) is 0 Å². The minimum atomic E-state index is -1.04. The average Bonchev–Trinajstić information content (AvgIpc) is 3.86. The lowest BCUT2D eigenvalue weighted by Gasteiger charge is -2.39. The summed E-state index contributed by atoms with van der Waals surface area (Å²) in [6, 6.07) is 1.72. The lowest BCUT2D eigenvalue weighted by atomic mass is 9.62. The zero-order chi connectivity index (χ0) is 31.9. The molecule has 4 aromatic heterocycles. The summed E-state index contributed by atoms with van der Waals surface area (Å²) in [4.78, 5) is 26.7. The molecule has 46 heavy (non-hydrogen) atoms. The van der Waals surface area contributed by atoms with E-state index in [-0.39, 0.29) is 23.4 Å². The number of likely N-dealkylation sites (tertiary alicyclic amines) is 1. The predicted molar refractivity (Wildman–Crippen MR) is 169 cm³/mol. The fourth-order valence-corrected chi connectivity index (χ4v) is 9.68. The highest BCUT2D eigenvalue weighted by molar-refractivity contribution is 7.16. The second kappa shape index (κ2) is 10.9. The largest absolute Gasteiger partial charge is 0.471 e. The molecule has 0 aromatic carbocycles. The van der Waals surface area contributed by atoms with Crippen molar-refractivity contribution in [3.05, 3.63) is 37.7 Å². The topological polar surface area (TPSA) is 150 Å². The van der Waals surface area contributed by atoms with Crippen LogP contribution < -0.4 is 16.2 Å². The number of nitrogens with zero attached hydrogens (tertiary/aromatic N) is 7. The van der Waals surface area contributed by atoms with E-state index in [1.165, 1.54) is 15.9 Å². The van der Waals surface area contributed by atoms with Crippen LogP contribution in [0.5, 0.6) is 5.88 Å². The summed E-state index contributed by atoms with van der Waals surface area (Å²) in [5.74, 6) is 0.885. The van der Waals surface area contributed by atoms with Gasteiger partial charge in [0.15, 0.2) is 11.2 Å². The third-order valence-corrected chi connectivity index (χ3v) is 11.7. The van der Waals surface area contributed by atoms with Crippen LogP contribution in [0.2, 0.25) is 0 Å². The van der Waals surface area contributed by atoms with Crippen LogP contribution in [0.15, 0.2) is 9.32 Å². The molecule has 0 unspecified atom stereocenters. The van der Waals surface area contributed by atoms with Gasteiger partial charge in [-0.1, -0.05) is 5.16 Å². The van der Waals surface area contributed by atoms with E-state index in [1.54, 1.807) is 11.6 Å². The molecule has 0 radical (unpaired) electrons. The number of nitrogens with two attached hydrogens (primary N) is 1. The molecule has 4 aromatic rings. The fraction of sp³-hybridized carbons (Fsp3) is 0.594. The van der Waals surface area contributed by atoms with Crippen molar-refractivity contribution in [3.8, 4) is 23.5 Å². The number of hydrogen-bond donors (Lipinski definition) is 1. The van der Waals surface area contributed by atoms with Crippen molar-refractivity contribution in [1.29, 1.82) is 5.26 Å². The molecule has 2 aliphatic heterocycles. The van der Waals surface area contributed by atoms with E-state index in [0.29, 0.717) is 66.5 Å². The first kappa shape index (κ1) is 29.6. The van der Waals surface area contributed by atoms with Gasteiger partial charge in [0.05, 0.1) is 29.9 Å². The number of ether oxygens (including phenoxy) is 2. The number of nitrogen functional groups attached to an aromatic ring is 1. The summed E-state index contributed by atoms with van der Waals surface area (Å²) >= 11 is 1.50. The van der Waals surface area contributed by atoms with Crippen LogP contribution in [0.25, 0.3) is 22.7 Å². The van der Waals surface area contributed by atoms with E-state index in [1.807, 2.05) is 18.9 Å². The number of nitriles is 1. The number of likely N-dealkylation sites (N-methyl/N-ethyl adjacent to an activating group) is 1. The standard InChI is InChI=1S/C32H37FN8O4S/c1-16(23-20(33)8-12-39(23)2)44-30-24-29(41(31(42)40(24)3)17-9-13-43-15-17)36-28(37-30)25-18-6-4-10-32(26(18)38-45-25)11-5-7-21-22(32)19(14-34)27(35)46-21/h16-17,20,23H,4-13,15,35H2,1-3H3/t16-,17+,20-,23+,32-/m0/s1. The summed E-state index contributed by atoms with van der Waals surface area (Å²) in [7, 11) is 3.57. The van der Waals surface area contributed by atoms with Crippen LogP contribution in [0.4, 0.5) is 9.39 Å². The Hall–Kier alpha value is -3.80. The highest BCUT2D eigenvalue weighted by atomic mass is 32.1. The molecule has 2 aliphatic carbocycles. The van der Waals surface area contributed by atoms with Gasteiger partial charge in [-0.05, 0) is 70.9 Å². The highest BCUT2D eigenvalue weighted by Gasteiger charge is 2.48. The molecule has 5 atom stereocenters. The van der Waals surface area contributed by atoms with E-state index >= 15 is 4.39 Å². The average molecular weight is 649 g/mol. The van der Waals surface area contributed by atoms with Gasteiger partial charge in [-0.3, -0.25) is 14.0 Å². The molecule has 0 saturated carbocycles. The van der Waals surface area contributed by atoms with Gasteiger partial charge in [-0.15, -0.1) is 11.3 Å². The van der Waals surface area contributed by atoms with Gasteiger partial charge >= 0.3 is 5.69 Å². The third kappa shape index (κ3) is 4.21. The molecule has 242 valence electrons. The number of hydrogen-bond acceptors (Lipinski definition) is 11. The lowest BCUT2D eigenvalue weighted by Crippen LogP contribution is -2.43. The van der Waals surface area contributed by atoms with E-state index < -0.39 is 23.7 Å². The monoisotopic (exact) mass is 648 g/mol. The zero-order valence-corrected chi connectivity index (χ0v) is 27.0. The number of aromatic nitrogens is 5. The maximum Gasteiger partial charge on any atom is 0.330 e. The molecule has 1 spiro atoms. The normalized spacial score (nSPS) is 26.8. The Bertz CT molecular complexity index is 1940. The Balaban J connectivity index is 1.30. The SMILES string of the molecule is C[C@H](Oc1nc(-c2onc3c2CCC[C@@]32CCCc3sc(N)c(C#N)c32)nc2c1n(C)c(=O)n2[C@@H]1CCOC1)[C@@H]1[C@@H](F)CCN1C. The van der Waals surface area contributed by atoms with Crippen molar-refractivity contribution in [2.24, 2.45) is 7.05 Å².